The number of carboxylic acids is 1. The molecule has 5 heteroatoms. The predicted molar refractivity (Wildman–Crippen MR) is 76.8 cm³/mol. The van der Waals surface area contributed by atoms with Crippen molar-refractivity contribution in [2.75, 3.05) is 18.4 Å². The Bertz CT molecular complexity index is 498. The monoisotopic (exact) mass is 276 g/mol. The van der Waals surface area contributed by atoms with Crippen molar-refractivity contribution in [2.24, 2.45) is 5.92 Å². The van der Waals surface area contributed by atoms with Crippen molar-refractivity contribution in [1.29, 1.82) is 0 Å². The summed E-state index contributed by atoms with van der Waals surface area (Å²) in [7, 11) is 0. The van der Waals surface area contributed by atoms with E-state index in [9.17, 15) is 9.59 Å². The fraction of sp³-hybridized carbons (Fsp3) is 0.467. The van der Waals surface area contributed by atoms with Gasteiger partial charge in [-0.3, -0.25) is 4.79 Å². The topological polar surface area (TPSA) is 69.6 Å². The van der Waals surface area contributed by atoms with Crippen molar-refractivity contribution >= 4 is 17.7 Å². The second kappa shape index (κ2) is 6.41. The van der Waals surface area contributed by atoms with Gasteiger partial charge in [-0.15, -0.1) is 0 Å². The third kappa shape index (κ3) is 3.98. The van der Waals surface area contributed by atoms with Gasteiger partial charge >= 0.3 is 12.0 Å². The fourth-order valence-electron chi connectivity index (χ4n) is 2.12. The highest BCUT2D eigenvalue weighted by Gasteiger charge is 2.26. The van der Waals surface area contributed by atoms with Crippen LogP contribution < -0.4 is 5.32 Å². The number of hydrogen-bond donors (Lipinski definition) is 2. The molecule has 108 valence electrons. The zero-order valence-corrected chi connectivity index (χ0v) is 11.6. The number of carbonyl (C=O) groups excluding carboxylic acids is 1. The van der Waals surface area contributed by atoms with E-state index >= 15 is 0 Å². The number of carbonyl (C=O) groups is 2. The van der Waals surface area contributed by atoms with Gasteiger partial charge in [0.25, 0.3) is 0 Å². The lowest BCUT2D eigenvalue weighted by molar-refractivity contribution is -0.136. The number of urea groups is 1. The van der Waals surface area contributed by atoms with Gasteiger partial charge in [0, 0.05) is 18.8 Å². The molecular weight excluding hydrogens is 256 g/mol. The number of amides is 2. The first kappa shape index (κ1) is 14.4. The summed E-state index contributed by atoms with van der Waals surface area (Å²) in [5, 5.41) is 11.7. The zero-order valence-electron chi connectivity index (χ0n) is 11.6. The normalized spacial score (nSPS) is 13.8. The van der Waals surface area contributed by atoms with Gasteiger partial charge < -0.3 is 15.3 Å². The number of benzene rings is 1. The Kier molecular flexibility index (Phi) is 4.61. The van der Waals surface area contributed by atoms with Crippen LogP contribution in [0.2, 0.25) is 0 Å². The lowest BCUT2D eigenvalue weighted by Gasteiger charge is -2.22. The molecule has 1 aromatic rings. The van der Waals surface area contributed by atoms with E-state index in [1.54, 1.807) is 29.2 Å². The van der Waals surface area contributed by atoms with Crippen molar-refractivity contribution in [3.8, 4) is 0 Å². The van der Waals surface area contributed by atoms with Gasteiger partial charge in [-0.1, -0.05) is 18.2 Å². The van der Waals surface area contributed by atoms with Crippen molar-refractivity contribution in [3.63, 3.8) is 0 Å². The van der Waals surface area contributed by atoms with Gasteiger partial charge in [-0.25, -0.2) is 4.79 Å². The Morgan fingerprint density at radius 2 is 2.05 bits per heavy atom. The number of rotatable bonds is 6. The Labute approximate surface area is 118 Å². The number of para-hydroxylation sites is 1. The molecule has 1 aliphatic carbocycles. The largest absolute Gasteiger partial charge is 0.481 e. The summed E-state index contributed by atoms with van der Waals surface area (Å²) in [5.41, 5.74) is 1.20. The van der Waals surface area contributed by atoms with Gasteiger partial charge in [0.1, 0.15) is 0 Å². The van der Waals surface area contributed by atoms with Crippen LogP contribution in [0.3, 0.4) is 0 Å². The first-order chi connectivity index (χ1) is 9.60. The molecule has 2 N–H and O–H groups in total. The van der Waals surface area contributed by atoms with Crippen LogP contribution in [0.15, 0.2) is 24.3 Å². The van der Waals surface area contributed by atoms with Crippen LogP contribution in [0, 0.1) is 5.92 Å². The maximum Gasteiger partial charge on any atom is 0.321 e. The van der Waals surface area contributed by atoms with Crippen LogP contribution in [0.25, 0.3) is 0 Å². The molecule has 0 saturated heterocycles. The molecule has 20 heavy (non-hydrogen) atoms. The summed E-state index contributed by atoms with van der Waals surface area (Å²) in [4.78, 5) is 24.8. The smallest absolute Gasteiger partial charge is 0.321 e. The molecule has 5 nitrogen and oxygen atoms in total. The van der Waals surface area contributed by atoms with Crippen LogP contribution in [0.1, 0.15) is 25.3 Å². The minimum atomic E-state index is -0.906. The first-order valence-electron chi connectivity index (χ1n) is 6.95. The number of nitrogens with one attached hydrogen (secondary N) is 1. The summed E-state index contributed by atoms with van der Waals surface area (Å²) in [6, 6.07) is 6.87. The molecule has 1 saturated carbocycles. The zero-order chi connectivity index (χ0) is 14.5. The van der Waals surface area contributed by atoms with Crippen LogP contribution in [-0.4, -0.2) is 35.1 Å². The SMILES string of the molecule is CCN(CC1CC1)C(=O)Nc1ccccc1CC(=O)O. The second-order valence-corrected chi connectivity index (χ2v) is 5.14. The molecule has 0 spiro atoms. The van der Waals surface area contributed by atoms with E-state index in [0.717, 1.165) is 6.54 Å². The average Bonchev–Trinajstić information content (AvgIpc) is 3.21. The molecule has 0 unspecified atom stereocenters. The summed E-state index contributed by atoms with van der Waals surface area (Å²) in [6.45, 7) is 3.39. The molecule has 1 fully saturated rings. The molecule has 0 aromatic heterocycles. The summed E-state index contributed by atoms with van der Waals surface area (Å²) >= 11 is 0. The molecule has 0 aliphatic heterocycles. The van der Waals surface area contributed by atoms with E-state index in [1.165, 1.54) is 12.8 Å². The third-order valence-corrected chi connectivity index (χ3v) is 3.45. The van der Waals surface area contributed by atoms with E-state index in [2.05, 4.69) is 5.32 Å². The highest BCUT2D eigenvalue weighted by atomic mass is 16.4. The van der Waals surface area contributed by atoms with Gasteiger partial charge in [-0.2, -0.15) is 0 Å². The van der Waals surface area contributed by atoms with E-state index in [-0.39, 0.29) is 12.5 Å². The average molecular weight is 276 g/mol. The van der Waals surface area contributed by atoms with E-state index in [0.29, 0.717) is 23.7 Å². The molecule has 0 bridgehead atoms. The number of anilines is 1. The lowest BCUT2D eigenvalue weighted by atomic mass is 10.1. The van der Waals surface area contributed by atoms with Crippen LogP contribution in [0.5, 0.6) is 0 Å². The number of carboxylic acid groups (broad SMARTS) is 1. The molecule has 0 radical (unpaired) electrons. The first-order valence-corrected chi connectivity index (χ1v) is 6.95. The van der Waals surface area contributed by atoms with Gasteiger partial charge in [0.2, 0.25) is 0 Å². The van der Waals surface area contributed by atoms with Crippen LogP contribution in [0.4, 0.5) is 10.5 Å². The third-order valence-electron chi connectivity index (χ3n) is 3.45. The molecule has 2 rings (SSSR count). The number of nitrogens with zero attached hydrogens (tertiary/aromatic N) is 1. The van der Waals surface area contributed by atoms with E-state index in [4.69, 9.17) is 5.11 Å². The summed E-state index contributed by atoms with van der Waals surface area (Å²) in [6.07, 6.45) is 2.30. The molecule has 1 aromatic carbocycles. The van der Waals surface area contributed by atoms with Crippen molar-refractivity contribution in [3.05, 3.63) is 29.8 Å². The van der Waals surface area contributed by atoms with Crippen molar-refractivity contribution in [2.45, 2.75) is 26.2 Å². The van der Waals surface area contributed by atoms with Crippen LogP contribution >= 0.6 is 0 Å². The fourth-order valence-corrected chi connectivity index (χ4v) is 2.12. The maximum absolute atomic E-state index is 12.2. The Balaban J connectivity index is 2.03. The standard InChI is InChI=1S/C15H20N2O3/c1-2-17(10-11-7-8-11)15(20)16-13-6-4-3-5-12(13)9-14(18)19/h3-6,11H,2,7-10H2,1H3,(H,16,20)(H,18,19). The summed E-state index contributed by atoms with van der Waals surface area (Å²) in [5.74, 6) is -0.271. The molecular formula is C15H20N2O3. The minimum Gasteiger partial charge on any atom is -0.481 e. The predicted octanol–water partition coefficient (Wildman–Crippen LogP) is 2.58. The van der Waals surface area contributed by atoms with E-state index in [1.807, 2.05) is 6.92 Å². The Morgan fingerprint density at radius 3 is 2.65 bits per heavy atom. The van der Waals surface area contributed by atoms with Gasteiger partial charge in [0.15, 0.2) is 0 Å². The van der Waals surface area contributed by atoms with Crippen LogP contribution in [-0.2, 0) is 11.2 Å². The highest BCUT2D eigenvalue weighted by Crippen LogP contribution is 2.29. The molecule has 1 aliphatic rings. The number of hydrogen-bond acceptors (Lipinski definition) is 2. The van der Waals surface area contributed by atoms with E-state index < -0.39 is 5.97 Å². The number of aliphatic carboxylic acids is 1. The Morgan fingerprint density at radius 1 is 1.35 bits per heavy atom. The maximum atomic E-state index is 12.2. The Hall–Kier alpha value is -2.04. The minimum absolute atomic E-state index is 0.0921. The molecule has 0 atom stereocenters. The highest BCUT2D eigenvalue weighted by molar-refractivity contribution is 5.91. The van der Waals surface area contributed by atoms with Crippen molar-refractivity contribution in [1.82, 2.24) is 4.90 Å². The van der Waals surface area contributed by atoms with Gasteiger partial charge in [0.05, 0.1) is 6.42 Å². The second-order valence-electron chi connectivity index (χ2n) is 5.14. The quantitative estimate of drug-likeness (QED) is 0.839. The lowest BCUT2D eigenvalue weighted by Crippen LogP contribution is -2.36. The van der Waals surface area contributed by atoms with Gasteiger partial charge in [-0.05, 0) is 37.3 Å². The molecule has 0 heterocycles. The van der Waals surface area contributed by atoms with Crippen molar-refractivity contribution < 1.29 is 14.7 Å². The summed E-state index contributed by atoms with van der Waals surface area (Å²) < 4.78 is 0. The molecule has 2 amide bonds.